The Morgan fingerprint density at radius 3 is 2.61 bits per heavy atom. The second-order valence-electron chi connectivity index (χ2n) is 4.59. The van der Waals surface area contributed by atoms with Gasteiger partial charge in [0.15, 0.2) is 0 Å². The molecule has 0 bridgehead atoms. The summed E-state index contributed by atoms with van der Waals surface area (Å²) in [5.41, 5.74) is 1.54. The molecule has 0 unspecified atom stereocenters. The van der Waals surface area contributed by atoms with Gasteiger partial charge in [-0.3, -0.25) is 4.55 Å². The molecule has 0 aliphatic heterocycles. The van der Waals surface area contributed by atoms with E-state index in [-0.39, 0.29) is 6.61 Å². The van der Waals surface area contributed by atoms with E-state index in [0.717, 1.165) is 5.69 Å². The Bertz CT molecular complexity index is 773. The fourth-order valence-corrected chi connectivity index (χ4v) is 2.45. The zero-order valence-corrected chi connectivity index (χ0v) is 14.2. The van der Waals surface area contributed by atoms with E-state index in [9.17, 15) is 8.42 Å². The van der Waals surface area contributed by atoms with Crippen LogP contribution in [0.25, 0.3) is 0 Å². The Labute approximate surface area is 138 Å². The van der Waals surface area contributed by atoms with Crippen LogP contribution >= 0.6 is 11.5 Å². The zero-order valence-electron chi connectivity index (χ0n) is 12.5. The standard InChI is InChI=1S/C12H15N5O4S2/c1-16(7-8-21-23(18,19)20)11-5-3-10(4-6-11)14-15-12-17(2)9-13-22-12/h3-6,9H,7-8H2,1-2H3/p+1. The van der Waals surface area contributed by atoms with Gasteiger partial charge in [-0.25, -0.2) is 8.75 Å². The van der Waals surface area contributed by atoms with Crippen LogP contribution in [0.15, 0.2) is 40.8 Å². The average molecular weight is 358 g/mol. The molecule has 0 aliphatic carbocycles. The lowest BCUT2D eigenvalue weighted by atomic mass is 10.2. The fraction of sp³-hybridized carbons (Fsp3) is 0.333. The molecule has 124 valence electrons. The summed E-state index contributed by atoms with van der Waals surface area (Å²) < 4.78 is 39.5. The van der Waals surface area contributed by atoms with E-state index >= 15 is 0 Å². The first-order valence-corrected chi connectivity index (χ1v) is 8.64. The first kappa shape index (κ1) is 17.4. The van der Waals surface area contributed by atoms with Gasteiger partial charge >= 0.3 is 15.5 Å². The van der Waals surface area contributed by atoms with Crippen molar-refractivity contribution in [3.63, 3.8) is 0 Å². The molecular formula is C12H16N5O4S2+. The number of hydrogen-bond acceptors (Lipinski definition) is 8. The molecule has 0 atom stereocenters. The normalized spacial score (nSPS) is 12.0. The quantitative estimate of drug-likeness (QED) is 0.458. The molecule has 0 spiro atoms. The van der Waals surface area contributed by atoms with E-state index in [4.69, 9.17) is 4.55 Å². The van der Waals surface area contributed by atoms with Crippen LogP contribution in [-0.2, 0) is 21.6 Å². The SMILES string of the molecule is CN(CCOS(=O)(=O)O)c1ccc(N=Nc2snc[n+]2C)cc1. The molecule has 11 heteroatoms. The van der Waals surface area contributed by atoms with Crippen LogP contribution in [0.2, 0.25) is 0 Å². The maximum atomic E-state index is 10.5. The van der Waals surface area contributed by atoms with Crippen molar-refractivity contribution in [2.45, 2.75) is 0 Å². The lowest BCUT2D eigenvalue weighted by molar-refractivity contribution is -0.656. The summed E-state index contributed by atoms with van der Waals surface area (Å²) in [6, 6.07) is 7.24. The molecule has 1 aromatic carbocycles. The molecule has 0 saturated carbocycles. The number of aromatic nitrogens is 2. The smallest absolute Gasteiger partial charge is 0.372 e. The topological polar surface area (TPSA) is 108 Å². The van der Waals surface area contributed by atoms with Gasteiger partial charge in [0.05, 0.1) is 13.7 Å². The highest BCUT2D eigenvalue weighted by molar-refractivity contribution is 7.80. The van der Waals surface area contributed by atoms with Gasteiger partial charge in [-0.2, -0.15) is 8.42 Å². The van der Waals surface area contributed by atoms with Crippen molar-refractivity contribution in [2.24, 2.45) is 17.3 Å². The number of rotatable bonds is 7. The van der Waals surface area contributed by atoms with Gasteiger partial charge in [0.1, 0.15) is 17.2 Å². The summed E-state index contributed by atoms with van der Waals surface area (Å²) >= 11 is 1.25. The Morgan fingerprint density at radius 1 is 1.35 bits per heavy atom. The van der Waals surface area contributed by atoms with Crippen molar-refractivity contribution in [3.05, 3.63) is 30.6 Å². The van der Waals surface area contributed by atoms with E-state index in [0.29, 0.717) is 17.4 Å². The average Bonchev–Trinajstić information content (AvgIpc) is 2.89. The van der Waals surface area contributed by atoms with Gasteiger partial charge < -0.3 is 4.90 Å². The number of likely N-dealkylation sites (N-methyl/N-ethyl adjacent to an activating group) is 1. The molecule has 1 heterocycles. The molecule has 0 saturated heterocycles. The first-order valence-electron chi connectivity index (χ1n) is 6.50. The Kier molecular flexibility index (Phi) is 5.71. The van der Waals surface area contributed by atoms with Crippen LogP contribution in [-0.4, -0.2) is 37.5 Å². The minimum atomic E-state index is -4.40. The van der Waals surface area contributed by atoms with E-state index in [1.165, 1.54) is 11.5 Å². The van der Waals surface area contributed by atoms with Gasteiger partial charge in [-0.05, 0) is 28.6 Å². The third kappa shape index (κ3) is 5.63. The third-order valence-electron chi connectivity index (χ3n) is 2.86. The second kappa shape index (κ2) is 7.55. The van der Waals surface area contributed by atoms with Gasteiger partial charge in [-0.1, -0.05) is 5.11 Å². The monoisotopic (exact) mass is 358 g/mol. The molecule has 1 aromatic heterocycles. The number of hydrogen-bond donors (Lipinski definition) is 1. The summed E-state index contributed by atoms with van der Waals surface area (Å²) in [6.45, 7) is 0.163. The number of azo groups is 1. The Morgan fingerprint density at radius 2 is 2.04 bits per heavy atom. The molecule has 2 rings (SSSR count). The molecule has 1 N–H and O–H groups in total. The second-order valence-corrected chi connectivity index (χ2v) is 6.44. The molecular weight excluding hydrogens is 342 g/mol. The molecule has 0 fully saturated rings. The maximum Gasteiger partial charge on any atom is 0.397 e. The van der Waals surface area contributed by atoms with Crippen molar-refractivity contribution in [3.8, 4) is 0 Å². The van der Waals surface area contributed by atoms with Crippen molar-refractivity contribution in [2.75, 3.05) is 25.1 Å². The summed E-state index contributed by atoms with van der Waals surface area (Å²) in [6.07, 6.45) is 1.66. The molecule has 0 radical (unpaired) electrons. The Balaban J connectivity index is 1.93. The fourth-order valence-electron chi connectivity index (χ4n) is 1.63. The summed E-state index contributed by atoms with van der Waals surface area (Å²) in [4.78, 5) is 1.79. The molecule has 23 heavy (non-hydrogen) atoms. The predicted octanol–water partition coefficient (Wildman–Crippen LogP) is 1.64. The summed E-state index contributed by atoms with van der Waals surface area (Å²) in [5.74, 6) is 0. The zero-order chi connectivity index (χ0) is 16.9. The van der Waals surface area contributed by atoms with Crippen LogP contribution in [0.4, 0.5) is 16.5 Å². The molecule has 0 amide bonds. The first-order chi connectivity index (χ1) is 10.8. The van der Waals surface area contributed by atoms with Crippen LogP contribution in [0.5, 0.6) is 0 Å². The van der Waals surface area contributed by atoms with Gasteiger partial charge in [0.2, 0.25) is 6.33 Å². The van der Waals surface area contributed by atoms with Crippen molar-refractivity contribution >= 4 is 38.4 Å². The lowest BCUT2D eigenvalue weighted by Crippen LogP contribution is -2.23. The number of aryl methyl sites for hydroxylation is 1. The van der Waals surface area contributed by atoms with Gasteiger partial charge in [-0.15, -0.1) is 0 Å². The highest BCUT2D eigenvalue weighted by Gasteiger charge is 2.08. The van der Waals surface area contributed by atoms with E-state index in [1.807, 2.05) is 19.2 Å². The molecule has 2 aromatic rings. The summed E-state index contributed by atoms with van der Waals surface area (Å²) in [5, 5.41) is 8.91. The number of anilines is 1. The lowest BCUT2D eigenvalue weighted by Gasteiger charge is -2.18. The van der Waals surface area contributed by atoms with Crippen molar-refractivity contribution in [1.29, 1.82) is 0 Å². The van der Waals surface area contributed by atoms with Crippen molar-refractivity contribution in [1.82, 2.24) is 4.37 Å². The number of nitrogens with zero attached hydrogens (tertiary/aromatic N) is 5. The Hall–Kier alpha value is -1.95. The van der Waals surface area contributed by atoms with Crippen LogP contribution in [0, 0.1) is 0 Å². The third-order valence-corrected chi connectivity index (χ3v) is 4.05. The van der Waals surface area contributed by atoms with E-state index < -0.39 is 10.4 Å². The largest absolute Gasteiger partial charge is 0.397 e. The van der Waals surface area contributed by atoms with E-state index in [1.54, 1.807) is 35.0 Å². The summed E-state index contributed by atoms with van der Waals surface area (Å²) in [7, 11) is -0.784. The molecule has 0 aliphatic rings. The minimum absolute atomic E-state index is 0.140. The highest BCUT2D eigenvalue weighted by atomic mass is 32.3. The number of benzene rings is 1. The van der Waals surface area contributed by atoms with Crippen LogP contribution in [0.1, 0.15) is 0 Å². The van der Waals surface area contributed by atoms with Crippen molar-refractivity contribution < 1.29 is 21.7 Å². The minimum Gasteiger partial charge on any atom is -0.372 e. The molecule has 9 nitrogen and oxygen atoms in total. The van der Waals surface area contributed by atoms with E-state index in [2.05, 4.69) is 18.8 Å². The van der Waals surface area contributed by atoms with Gasteiger partial charge in [0.25, 0.3) is 0 Å². The predicted molar refractivity (Wildman–Crippen MR) is 84.7 cm³/mol. The maximum absolute atomic E-state index is 10.5. The van der Waals surface area contributed by atoms with Gasteiger partial charge in [0, 0.05) is 24.4 Å². The van der Waals surface area contributed by atoms with Crippen LogP contribution < -0.4 is 9.47 Å². The highest BCUT2D eigenvalue weighted by Crippen LogP contribution is 2.21. The van der Waals surface area contributed by atoms with Crippen LogP contribution in [0.3, 0.4) is 0 Å².